The topological polar surface area (TPSA) is 87.1 Å². The molecule has 1 atom stereocenters. The van der Waals surface area contributed by atoms with Gasteiger partial charge in [0.1, 0.15) is 6.04 Å². The Hall–Kier alpha value is -1.57. The van der Waals surface area contributed by atoms with Gasteiger partial charge in [-0.2, -0.15) is 5.26 Å². The first kappa shape index (κ1) is 10.5. The maximum absolute atomic E-state index is 10.6. The number of carbonyl (C=O) groups is 1. The van der Waals surface area contributed by atoms with E-state index in [-0.39, 0.29) is 11.1 Å². The fraction of sp³-hybridized carbons (Fsp3) is 0.111. The molecule has 14 heavy (non-hydrogen) atoms. The molecule has 0 bridgehead atoms. The number of benzene rings is 1. The lowest BCUT2D eigenvalue weighted by Gasteiger charge is -2.08. The van der Waals surface area contributed by atoms with Crippen LogP contribution in [0.4, 0.5) is 0 Å². The monoisotopic (exact) mass is 210 g/mol. The number of hydrogen-bond donors (Lipinski definition) is 2. The highest BCUT2D eigenvalue weighted by Crippen LogP contribution is 2.20. The van der Waals surface area contributed by atoms with Gasteiger partial charge in [-0.25, -0.2) is 0 Å². The molecular formula is C9H7ClN2O2. The maximum Gasteiger partial charge on any atom is 0.325 e. The normalized spacial score (nSPS) is 11.8. The number of rotatable bonds is 2. The number of nitrogens with two attached hydrogens (primary N) is 1. The quantitative estimate of drug-likeness (QED) is 0.770. The minimum absolute atomic E-state index is 0.187. The Morgan fingerprint density at radius 2 is 2.29 bits per heavy atom. The lowest BCUT2D eigenvalue weighted by molar-refractivity contribution is -0.138. The van der Waals surface area contributed by atoms with E-state index in [0.29, 0.717) is 5.02 Å². The first-order valence-electron chi connectivity index (χ1n) is 3.74. The summed E-state index contributed by atoms with van der Waals surface area (Å²) in [6.45, 7) is 0. The highest BCUT2D eigenvalue weighted by molar-refractivity contribution is 6.30. The van der Waals surface area contributed by atoms with Crippen LogP contribution in [0.1, 0.15) is 17.2 Å². The van der Waals surface area contributed by atoms with Crippen LogP contribution in [0.2, 0.25) is 5.02 Å². The summed E-state index contributed by atoms with van der Waals surface area (Å²) in [6.07, 6.45) is 0. The maximum atomic E-state index is 10.6. The molecule has 5 heteroatoms. The molecule has 0 aromatic heterocycles. The van der Waals surface area contributed by atoms with Gasteiger partial charge in [-0.15, -0.1) is 0 Å². The molecule has 0 aliphatic heterocycles. The summed E-state index contributed by atoms with van der Waals surface area (Å²) in [6, 6.07) is 4.98. The van der Waals surface area contributed by atoms with E-state index in [1.54, 1.807) is 0 Å². The fourth-order valence-electron chi connectivity index (χ4n) is 1.03. The Kier molecular flexibility index (Phi) is 3.07. The summed E-state index contributed by atoms with van der Waals surface area (Å²) in [4.78, 5) is 10.6. The zero-order chi connectivity index (χ0) is 10.7. The molecule has 72 valence electrons. The minimum Gasteiger partial charge on any atom is -0.480 e. The van der Waals surface area contributed by atoms with Crippen molar-refractivity contribution in [3.05, 3.63) is 34.3 Å². The zero-order valence-electron chi connectivity index (χ0n) is 7.07. The van der Waals surface area contributed by atoms with E-state index in [9.17, 15) is 4.79 Å². The summed E-state index contributed by atoms with van der Waals surface area (Å²) >= 11 is 5.64. The molecule has 1 rings (SSSR count). The van der Waals surface area contributed by atoms with E-state index in [1.807, 2.05) is 6.07 Å². The summed E-state index contributed by atoms with van der Waals surface area (Å²) in [5.74, 6) is -1.18. The molecule has 0 spiro atoms. The van der Waals surface area contributed by atoms with Crippen molar-refractivity contribution in [2.24, 2.45) is 5.73 Å². The number of hydrogen-bond acceptors (Lipinski definition) is 3. The van der Waals surface area contributed by atoms with Crippen molar-refractivity contribution >= 4 is 17.6 Å². The van der Waals surface area contributed by atoms with Crippen LogP contribution in [0, 0.1) is 11.3 Å². The average Bonchev–Trinajstić information content (AvgIpc) is 2.16. The molecule has 0 aliphatic carbocycles. The molecule has 1 aromatic rings. The third kappa shape index (κ3) is 2.02. The van der Waals surface area contributed by atoms with Crippen LogP contribution < -0.4 is 5.73 Å². The molecule has 0 saturated heterocycles. The molecule has 0 aliphatic rings. The third-order valence-electron chi connectivity index (χ3n) is 1.74. The molecule has 0 radical (unpaired) electrons. The Bertz CT molecular complexity index is 412. The first-order valence-corrected chi connectivity index (χ1v) is 4.12. The Morgan fingerprint density at radius 1 is 1.64 bits per heavy atom. The summed E-state index contributed by atoms with van der Waals surface area (Å²) in [5.41, 5.74) is 5.83. The Morgan fingerprint density at radius 3 is 2.79 bits per heavy atom. The number of nitriles is 1. The number of aliphatic carboxylic acids is 1. The fourth-order valence-corrected chi connectivity index (χ4v) is 1.20. The molecule has 4 nitrogen and oxygen atoms in total. The standard InChI is InChI=1S/C9H7ClN2O2/c10-6-1-2-7(5(3-6)4-11)8(12)9(13)14/h1-3,8H,12H2,(H,13,14)/t8-/m1/s1. The van der Waals surface area contributed by atoms with Crippen molar-refractivity contribution in [3.8, 4) is 6.07 Å². The van der Waals surface area contributed by atoms with Gasteiger partial charge in [-0.05, 0) is 17.7 Å². The van der Waals surface area contributed by atoms with Crippen molar-refractivity contribution in [2.45, 2.75) is 6.04 Å². The van der Waals surface area contributed by atoms with E-state index in [0.717, 1.165) is 0 Å². The van der Waals surface area contributed by atoms with Gasteiger partial charge in [0.2, 0.25) is 0 Å². The van der Waals surface area contributed by atoms with Crippen molar-refractivity contribution < 1.29 is 9.90 Å². The summed E-state index contributed by atoms with van der Waals surface area (Å²) < 4.78 is 0. The lowest BCUT2D eigenvalue weighted by Crippen LogP contribution is -2.21. The van der Waals surface area contributed by atoms with E-state index < -0.39 is 12.0 Å². The van der Waals surface area contributed by atoms with Crippen LogP contribution >= 0.6 is 11.6 Å². The Balaban J connectivity index is 3.22. The molecule has 0 fully saturated rings. The van der Waals surface area contributed by atoms with Gasteiger partial charge in [-0.1, -0.05) is 17.7 Å². The number of carboxylic acids is 1. The van der Waals surface area contributed by atoms with E-state index >= 15 is 0 Å². The van der Waals surface area contributed by atoms with Crippen LogP contribution in [-0.4, -0.2) is 11.1 Å². The Labute approximate surface area is 85.5 Å². The van der Waals surface area contributed by atoms with E-state index in [1.165, 1.54) is 18.2 Å². The average molecular weight is 211 g/mol. The van der Waals surface area contributed by atoms with Crippen molar-refractivity contribution in [2.75, 3.05) is 0 Å². The van der Waals surface area contributed by atoms with Crippen molar-refractivity contribution in [3.63, 3.8) is 0 Å². The molecule has 0 saturated carbocycles. The smallest absolute Gasteiger partial charge is 0.325 e. The number of nitrogens with zero attached hydrogens (tertiary/aromatic N) is 1. The van der Waals surface area contributed by atoms with Crippen molar-refractivity contribution in [1.29, 1.82) is 5.26 Å². The van der Waals surface area contributed by atoms with Gasteiger partial charge in [0.25, 0.3) is 0 Å². The number of halogens is 1. The van der Waals surface area contributed by atoms with E-state index in [4.69, 9.17) is 27.7 Å². The SMILES string of the molecule is N#Cc1cc(Cl)ccc1[C@@H](N)C(=O)O. The molecule has 0 amide bonds. The predicted molar refractivity (Wildman–Crippen MR) is 50.7 cm³/mol. The molecule has 3 N–H and O–H groups in total. The van der Waals surface area contributed by atoms with Gasteiger partial charge in [0.05, 0.1) is 11.6 Å². The van der Waals surface area contributed by atoms with Gasteiger partial charge < -0.3 is 10.8 Å². The zero-order valence-corrected chi connectivity index (χ0v) is 7.82. The van der Waals surface area contributed by atoms with Crippen LogP contribution in [0.25, 0.3) is 0 Å². The minimum atomic E-state index is -1.19. The summed E-state index contributed by atoms with van der Waals surface area (Å²) in [7, 11) is 0. The van der Waals surface area contributed by atoms with Gasteiger partial charge in [0.15, 0.2) is 0 Å². The molecule has 0 heterocycles. The van der Waals surface area contributed by atoms with Crippen molar-refractivity contribution in [1.82, 2.24) is 0 Å². The third-order valence-corrected chi connectivity index (χ3v) is 1.97. The molecular weight excluding hydrogens is 204 g/mol. The highest BCUT2D eigenvalue weighted by atomic mass is 35.5. The van der Waals surface area contributed by atoms with E-state index in [2.05, 4.69) is 0 Å². The number of carboxylic acid groups (broad SMARTS) is 1. The highest BCUT2D eigenvalue weighted by Gasteiger charge is 2.17. The van der Waals surface area contributed by atoms with Crippen LogP contribution in [0.5, 0.6) is 0 Å². The van der Waals surface area contributed by atoms with Gasteiger partial charge >= 0.3 is 5.97 Å². The van der Waals surface area contributed by atoms with Crippen LogP contribution in [0.15, 0.2) is 18.2 Å². The van der Waals surface area contributed by atoms with Crippen LogP contribution in [0.3, 0.4) is 0 Å². The predicted octanol–water partition coefficient (Wildman–Crippen LogP) is 1.30. The lowest BCUT2D eigenvalue weighted by atomic mass is 10.0. The second kappa shape index (κ2) is 4.09. The molecule has 1 aromatic carbocycles. The largest absolute Gasteiger partial charge is 0.480 e. The van der Waals surface area contributed by atoms with Gasteiger partial charge in [0, 0.05) is 5.02 Å². The second-order valence-electron chi connectivity index (χ2n) is 2.66. The summed E-state index contributed by atoms with van der Waals surface area (Å²) in [5, 5.41) is 17.8. The van der Waals surface area contributed by atoms with Crippen LogP contribution in [-0.2, 0) is 4.79 Å². The molecule has 0 unspecified atom stereocenters. The second-order valence-corrected chi connectivity index (χ2v) is 3.10. The first-order chi connectivity index (χ1) is 6.56. The van der Waals surface area contributed by atoms with Gasteiger partial charge in [-0.3, -0.25) is 4.79 Å².